The van der Waals surface area contributed by atoms with Crippen LogP contribution in [0.25, 0.3) is 5.69 Å². The van der Waals surface area contributed by atoms with Gasteiger partial charge in [0.1, 0.15) is 0 Å². The third-order valence-corrected chi connectivity index (χ3v) is 2.05. The summed E-state index contributed by atoms with van der Waals surface area (Å²) in [6.45, 7) is 0. The molecule has 0 fully saturated rings. The lowest BCUT2D eigenvalue weighted by molar-refractivity contribution is -0.595. The van der Waals surface area contributed by atoms with Crippen LogP contribution >= 0.6 is 0 Å². The fraction of sp³-hybridized carbons (Fsp3) is 0. The molecule has 0 bridgehead atoms. The number of hydrogen-bond donors (Lipinski definition) is 0. The molecule has 2 heteroatoms. The Morgan fingerprint density at radius 2 is 1.57 bits per heavy atom. The fourth-order valence-electron chi connectivity index (χ4n) is 1.29. The van der Waals surface area contributed by atoms with E-state index in [9.17, 15) is 4.79 Å². The molecular formula is C12H10NO+. The number of nitrogens with zero attached hydrogens (tertiary/aromatic N) is 1. The van der Waals surface area contributed by atoms with Gasteiger partial charge in [0.25, 0.3) is 0 Å². The number of hydrogen-bond acceptors (Lipinski definition) is 1. The molecule has 1 aromatic heterocycles. The van der Waals surface area contributed by atoms with Crippen LogP contribution in [-0.4, -0.2) is 6.29 Å². The van der Waals surface area contributed by atoms with Gasteiger partial charge in [-0.3, -0.25) is 4.79 Å². The molecule has 0 aliphatic heterocycles. The van der Waals surface area contributed by atoms with Crippen molar-refractivity contribution in [3.05, 3.63) is 60.4 Å². The number of aldehydes is 1. The van der Waals surface area contributed by atoms with Gasteiger partial charge in [-0.15, -0.1) is 0 Å². The molecule has 0 N–H and O–H groups in total. The molecular weight excluding hydrogens is 174 g/mol. The highest BCUT2D eigenvalue weighted by atomic mass is 16.1. The third-order valence-electron chi connectivity index (χ3n) is 2.05. The van der Waals surface area contributed by atoms with Crippen molar-refractivity contribution in [2.45, 2.75) is 0 Å². The van der Waals surface area contributed by atoms with Crippen molar-refractivity contribution in [1.29, 1.82) is 0 Å². The molecule has 0 aliphatic carbocycles. The minimum absolute atomic E-state index is 0.692. The van der Waals surface area contributed by atoms with Gasteiger partial charge in [0.05, 0.1) is 0 Å². The Bertz CT molecular complexity index is 420. The molecule has 0 spiro atoms. The summed E-state index contributed by atoms with van der Waals surface area (Å²) in [4.78, 5) is 10.4. The molecule has 0 radical (unpaired) electrons. The second-order valence-corrected chi connectivity index (χ2v) is 2.99. The Morgan fingerprint density at radius 3 is 2.14 bits per heavy atom. The molecule has 0 atom stereocenters. The van der Waals surface area contributed by atoms with Crippen molar-refractivity contribution in [2.24, 2.45) is 0 Å². The van der Waals surface area contributed by atoms with Gasteiger partial charge in [-0.2, -0.15) is 4.57 Å². The van der Waals surface area contributed by atoms with Crippen molar-refractivity contribution in [3.63, 3.8) is 0 Å². The summed E-state index contributed by atoms with van der Waals surface area (Å²) in [5.74, 6) is 0. The highest BCUT2D eigenvalue weighted by Gasteiger charge is 2.02. The molecule has 0 saturated heterocycles. The molecule has 0 aliphatic rings. The normalized spacial score (nSPS) is 9.71. The first-order valence-electron chi connectivity index (χ1n) is 4.42. The van der Waals surface area contributed by atoms with Crippen LogP contribution in [0, 0.1) is 0 Å². The lowest BCUT2D eigenvalue weighted by atomic mass is 10.2. The highest BCUT2D eigenvalue weighted by molar-refractivity contribution is 5.73. The molecule has 2 aromatic rings. The number of carbonyl (C=O) groups is 1. The van der Waals surface area contributed by atoms with Crippen LogP contribution < -0.4 is 4.57 Å². The first-order valence-corrected chi connectivity index (χ1v) is 4.42. The van der Waals surface area contributed by atoms with Crippen LogP contribution in [0.5, 0.6) is 0 Å². The summed E-state index contributed by atoms with van der Waals surface area (Å²) >= 11 is 0. The lowest BCUT2D eigenvalue weighted by Gasteiger charge is -1.94. The number of para-hydroxylation sites is 1. The van der Waals surface area contributed by atoms with Crippen LogP contribution in [0.2, 0.25) is 0 Å². The number of carbonyl (C=O) groups excluding carboxylic acids is 1. The maximum atomic E-state index is 10.4. The standard InChI is InChI=1S/C12H10NO/c14-10-11-6-8-13(9-7-11)12-4-2-1-3-5-12/h1-10H/q+1. The zero-order valence-electron chi connectivity index (χ0n) is 7.63. The first kappa shape index (κ1) is 8.63. The van der Waals surface area contributed by atoms with Crippen molar-refractivity contribution >= 4 is 6.29 Å². The Labute approximate surface area is 82.4 Å². The Morgan fingerprint density at radius 1 is 0.929 bits per heavy atom. The van der Waals surface area contributed by atoms with Gasteiger partial charge in [-0.05, 0) is 0 Å². The molecule has 2 rings (SSSR count). The highest BCUT2D eigenvalue weighted by Crippen LogP contribution is 1.98. The zero-order valence-corrected chi connectivity index (χ0v) is 7.63. The summed E-state index contributed by atoms with van der Waals surface area (Å²) in [6, 6.07) is 13.6. The molecule has 14 heavy (non-hydrogen) atoms. The van der Waals surface area contributed by atoms with Crippen molar-refractivity contribution in [2.75, 3.05) is 0 Å². The predicted molar refractivity (Wildman–Crippen MR) is 53.4 cm³/mol. The number of benzene rings is 1. The third kappa shape index (κ3) is 1.69. The van der Waals surface area contributed by atoms with E-state index in [1.54, 1.807) is 12.1 Å². The molecule has 1 aromatic carbocycles. The quantitative estimate of drug-likeness (QED) is 0.514. The van der Waals surface area contributed by atoms with Crippen LogP contribution in [0.3, 0.4) is 0 Å². The van der Waals surface area contributed by atoms with Crippen LogP contribution in [0.1, 0.15) is 10.4 Å². The van der Waals surface area contributed by atoms with Crippen LogP contribution in [0.15, 0.2) is 54.9 Å². The summed E-state index contributed by atoms with van der Waals surface area (Å²) in [7, 11) is 0. The lowest BCUT2D eigenvalue weighted by Crippen LogP contribution is -2.29. The van der Waals surface area contributed by atoms with Crippen LogP contribution in [0.4, 0.5) is 0 Å². The zero-order chi connectivity index (χ0) is 9.80. The largest absolute Gasteiger partial charge is 0.298 e. The minimum atomic E-state index is 0.692. The van der Waals surface area contributed by atoms with E-state index in [1.807, 2.05) is 47.3 Å². The number of pyridine rings is 1. The van der Waals surface area contributed by atoms with Gasteiger partial charge < -0.3 is 0 Å². The van der Waals surface area contributed by atoms with E-state index in [-0.39, 0.29) is 0 Å². The van der Waals surface area contributed by atoms with E-state index in [1.165, 1.54) is 0 Å². The first-order chi connectivity index (χ1) is 6.90. The van der Waals surface area contributed by atoms with E-state index in [0.717, 1.165) is 12.0 Å². The van der Waals surface area contributed by atoms with Gasteiger partial charge in [-0.1, -0.05) is 18.2 Å². The van der Waals surface area contributed by atoms with E-state index >= 15 is 0 Å². The summed E-state index contributed by atoms with van der Waals surface area (Å²) in [6.07, 6.45) is 4.59. The SMILES string of the molecule is O=Cc1cc[n+](-c2ccccc2)cc1. The van der Waals surface area contributed by atoms with Crippen molar-refractivity contribution in [3.8, 4) is 5.69 Å². The van der Waals surface area contributed by atoms with E-state index in [2.05, 4.69) is 0 Å². The Hall–Kier alpha value is -1.96. The summed E-state index contributed by atoms with van der Waals surface area (Å²) in [5.41, 5.74) is 1.78. The monoisotopic (exact) mass is 184 g/mol. The van der Waals surface area contributed by atoms with E-state index in [0.29, 0.717) is 5.56 Å². The Kier molecular flexibility index (Phi) is 2.36. The average molecular weight is 184 g/mol. The molecule has 1 heterocycles. The van der Waals surface area contributed by atoms with Gasteiger partial charge in [0, 0.05) is 29.8 Å². The van der Waals surface area contributed by atoms with Gasteiger partial charge >= 0.3 is 0 Å². The van der Waals surface area contributed by atoms with E-state index < -0.39 is 0 Å². The van der Waals surface area contributed by atoms with E-state index in [4.69, 9.17) is 0 Å². The second-order valence-electron chi connectivity index (χ2n) is 2.99. The molecule has 68 valence electrons. The number of aromatic nitrogens is 1. The van der Waals surface area contributed by atoms with Gasteiger partial charge in [0.2, 0.25) is 5.69 Å². The van der Waals surface area contributed by atoms with Gasteiger partial charge in [0.15, 0.2) is 18.7 Å². The number of rotatable bonds is 2. The van der Waals surface area contributed by atoms with Crippen LogP contribution in [-0.2, 0) is 0 Å². The molecule has 0 amide bonds. The summed E-state index contributed by atoms with van der Waals surface area (Å²) in [5, 5.41) is 0. The maximum absolute atomic E-state index is 10.4. The molecule has 0 saturated carbocycles. The average Bonchev–Trinajstić information content (AvgIpc) is 2.30. The smallest absolute Gasteiger partial charge is 0.210 e. The minimum Gasteiger partial charge on any atom is -0.298 e. The summed E-state index contributed by atoms with van der Waals surface area (Å²) < 4.78 is 1.97. The van der Waals surface area contributed by atoms with Crippen molar-refractivity contribution < 1.29 is 9.36 Å². The van der Waals surface area contributed by atoms with Crippen molar-refractivity contribution in [1.82, 2.24) is 0 Å². The fourth-order valence-corrected chi connectivity index (χ4v) is 1.29. The molecule has 0 unspecified atom stereocenters. The maximum Gasteiger partial charge on any atom is 0.210 e. The molecule has 2 nitrogen and oxygen atoms in total. The Balaban J connectivity index is 2.39. The van der Waals surface area contributed by atoms with Gasteiger partial charge in [-0.25, -0.2) is 0 Å². The predicted octanol–water partition coefficient (Wildman–Crippen LogP) is 1.78. The second kappa shape index (κ2) is 3.83. The topological polar surface area (TPSA) is 20.9 Å².